The average Bonchev–Trinajstić information content (AvgIpc) is 3.54. The van der Waals surface area contributed by atoms with E-state index in [0.29, 0.717) is 19.6 Å². The maximum atomic E-state index is 14.1. The van der Waals surface area contributed by atoms with Crippen molar-refractivity contribution in [3.63, 3.8) is 0 Å². The molecule has 4 aromatic rings. The minimum atomic E-state index is -0.814. The third-order valence-electron chi connectivity index (χ3n) is 7.00. The van der Waals surface area contributed by atoms with E-state index in [9.17, 15) is 9.18 Å². The van der Waals surface area contributed by atoms with Gasteiger partial charge in [-0.3, -0.25) is 9.36 Å². The van der Waals surface area contributed by atoms with Crippen LogP contribution in [0.25, 0.3) is 16.7 Å². The second kappa shape index (κ2) is 8.41. The zero-order valence-corrected chi connectivity index (χ0v) is 19.3. The van der Waals surface area contributed by atoms with Gasteiger partial charge in [0.25, 0.3) is 0 Å². The lowest BCUT2D eigenvalue weighted by atomic mass is 9.91. The Hall–Kier alpha value is -3.87. The summed E-state index contributed by atoms with van der Waals surface area (Å²) in [7, 11) is 0. The molecule has 178 valence electrons. The van der Waals surface area contributed by atoms with Gasteiger partial charge in [0.1, 0.15) is 23.1 Å². The van der Waals surface area contributed by atoms with E-state index in [2.05, 4.69) is 12.1 Å². The fraction of sp³-hybridized carbons (Fsp3) is 0.286. The molecule has 2 aliphatic rings. The molecule has 2 aliphatic heterocycles. The van der Waals surface area contributed by atoms with Gasteiger partial charge in [-0.25, -0.2) is 9.37 Å². The van der Waals surface area contributed by atoms with E-state index in [0.717, 1.165) is 57.2 Å². The van der Waals surface area contributed by atoms with Gasteiger partial charge in [-0.2, -0.15) is 0 Å². The zero-order chi connectivity index (χ0) is 24.1. The number of carbonyl (C=O) groups is 1. The van der Waals surface area contributed by atoms with Crippen LogP contribution in [0.1, 0.15) is 47.7 Å². The summed E-state index contributed by atoms with van der Waals surface area (Å²) >= 11 is 0. The van der Waals surface area contributed by atoms with Crippen LogP contribution in [0.15, 0.2) is 54.6 Å². The Morgan fingerprint density at radius 2 is 1.94 bits per heavy atom. The molecule has 1 N–H and O–H groups in total. The quantitative estimate of drug-likeness (QED) is 0.407. The van der Waals surface area contributed by atoms with Crippen molar-refractivity contribution in [2.75, 3.05) is 13.2 Å². The molecule has 0 unspecified atom stereocenters. The van der Waals surface area contributed by atoms with Crippen LogP contribution >= 0.6 is 0 Å². The molecule has 0 aliphatic carbocycles. The van der Waals surface area contributed by atoms with Crippen molar-refractivity contribution >= 4 is 17.0 Å². The summed E-state index contributed by atoms with van der Waals surface area (Å²) in [4.78, 5) is 15.8. The van der Waals surface area contributed by atoms with E-state index in [1.165, 1.54) is 12.1 Å². The lowest BCUT2D eigenvalue weighted by Gasteiger charge is -2.13. The summed E-state index contributed by atoms with van der Waals surface area (Å²) in [6.45, 7) is 3.00. The number of carboxylic acid groups (broad SMARTS) is 1. The molecule has 0 saturated carbocycles. The summed E-state index contributed by atoms with van der Waals surface area (Å²) in [5, 5.41) is 9.14. The average molecular weight is 473 g/mol. The Morgan fingerprint density at radius 3 is 2.77 bits per heavy atom. The number of rotatable bonds is 6. The molecule has 1 aromatic heterocycles. The SMILES string of the molecule is CCc1nc2ccc(F)cc2n1-c1cccc2c1OC[C@@H]2Cc1ccc2c(c1)OC[C@H]2CC(=O)O. The molecular formula is C28H25FN2O4. The van der Waals surface area contributed by atoms with E-state index in [1.54, 1.807) is 6.07 Å². The standard InChI is InChI=1S/C28H25FN2O4/c1-2-26-30-22-9-7-19(29)13-24(22)31(26)23-5-3-4-21-17(15-35-28(21)23)10-16-6-8-20-18(12-27(32)33)14-34-25(20)11-16/h3-9,11,13,17-18H,2,10,12,14-15H2,1H3,(H,32,33)/t17-,18+/m0/s1. The van der Waals surface area contributed by atoms with Gasteiger partial charge in [-0.15, -0.1) is 0 Å². The van der Waals surface area contributed by atoms with Crippen LogP contribution < -0.4 is 9.47 Å². The lowest BCUT2D eigenvalue weighted by Crippen LogP contribution is -2.07. The number of aryl methyl sites for hydroxylation is 1. The van der Waals surface area contributed by atoms with Crippen molar-refractivity contribution in [1.82, 2.24) is 9.55 Å². The minimum absolute atomic E-state index is 0.0749. The van der Waals surface area contributed by atoms with Crippen LogP contribution in [-0.2, 0) is 17.6 Å². The predicted octanol–water partition coefficient (Wildman–Crippen LogP) is 5.40. The van der Waals surface area contributed by atoms with E-state index in [1.807, 2.05) is 35.8 Å². The smallest absolute Gasteiger partial charge is 0.304 e. The number of carboxylic acids is 1. The number of aliphatic carboxylic acids is 1. The highest BCUT2D eigenvalue weighted by atomic mass is 19.1. The molecule has 0 amide bonds. The number of hydrogen-bond acceptors (Lipinski definition) is 4. The summed E-state index contributed by atoms with van der Waals surface area (Å²) in [5.74, 6) is 1.41. The van der Waals surface area contributed by atoms with Gasteiger partial charge >= 0.3 is 5.97 Å². The summed E-state index contributed by atoms with van der Waals surface area (Å²) in [5.41, 5.74) is 5.57. The molecular weight excluding hydrogens is 447 g/mol. The fourth-order valence-corrected chi connectivity index (χ4v) is 5.36. The van der Waals surface area contributed by atoms with Crippen molar-refractivity contribution in [2.24, 2.45) is 0 Å². The number of aromatic nitrogens is 2. The van der Waals surface area contributed by atoms with E-state index in [4.69, 9.17) is 19.6 Å². The first kappa shape index (κ1) is 21.6. The molecule has 0 radical (unpaired) electrons. The van der Waals surface area contributed by atoms with Crippen LogP contribution in [0.5, 0.6) is 11.5 Å². The van der Waals surface area contributed by atoms with Crippen molar-refractivity contribution < 1.29 is 23.8 Å². The van der Waals surface area contributed by atoms with Crippen molar-refractivity contribution in [1.29, 1.82) is 0 Å². The molecule has 6 rings (SSSR count). The fourth-order valence-electron chi connectivity index (χ4n) is 5.36. The maximum Gasteiger partial charge on any atom is 0.304 e. The number of para-hydroxylation sites is 1. The molecule has 0 bridgehead atoms. The molecule has 0 spiro atoms. The van der Waals surface area contributed by atoms with Gasteiger partial charge in [0.2, 0.25) is 0 Å². The largest absolute Gasteiger partial charge is 0.493 e. The monoisotopic (exact) mass is 472 g/mol. The number of fused-ring (bicyclic) bond motifs is 3. The molecule has 0 saturated heterocycles. The number of halogens is 1. The highest BCUT2D eigenvalue weighted by molar-refractivity contribution is 5.79. The normalized spacial score (nSPS) is 18.2. The van der Waals surface area contributed by atoms with Crippen LogP contribution in [0, 0.1) is 5.82 Å². The van der Waals surface area contributed by atoms with Gasteiger partial charge in [0.15, 0.2) is 0 Å². The number of hydrogen-bond donors (Lipinski definition) is 1. The number of nitrogens with zero attached hydrogens (tertiary/aromatic N) is 2. The van der Waals surface area contributed by atoms with E-state index >= 15 is 0 Å². The molecule has 35 heavy (non-hydrogen) atoms. The van der Waals surface area contributed by atoms with Crippen molar-refractivity contribution in [3.05, 3.63) is 82.9 Å². The predicted molar refractivity (Wildman–Crippen MR) is 129 cm³/mol. The van der Waals surface area contributed by atoms with Crippen LogP contribution in [0.2, 0.25) is 0 Å². The Morgan fingerprint density at radius 1 is 1.09 bits per heavy atom. The first-order valence-electron chi connectivity index (χ1n) is 11.9. The lowest BCUT2D eigenvalue weighted by molar-refractivity contribution is -0.137. The number of benzene rings is 3. The summed E-state index contributed by atoms with van der Waals surface area (Å²) < 4.78 is 28.1. The topological polar surface area (TPSA) is 73.6 Å². The Balaban J connectivity index is 1.33. The molecule has 0 fully saturated rings. The Kier molecular flexibility index (Phi) is 5.20. The Labute approximate surface area is 201 Å². The highest BCUT2D eigenvalue weighted by Gasteiger charge is 2.30. The highest BCUT2D eigenvalue weighted by Crippen LogP contribution is 2.43. The second-order valence-electron chi connectivity index (χ2n) is 9.24. The summed E-state index contributed by atoms with van der Waals surface area (Å²) in [6, 6.07) is 16.9. The molecule has 6 nitrogen and oxygen atoms in total. The van der Waals surface area contributed by atoms with Crippen molar-refractivity contribution in [3.8, 4) is 17.2 Å². The second-order valence-corrected chi connectivity index (χ2v) is 9.24. The zero-order valence-electron chi connectivity index (χ0n) is 19.3. The Bertz CT molecular complexity index is 1460. The minimum Gasteiger partial charge on any atom is -0.493 e. The third-order valence-corrected chi connectivity index (χ3v) is 7.00. The van der Waals surface area contributed by atoms with Gasteiger partial charge < -0.3 is 14.6 Å². The first-order chi connectivity index (χ1) is 17.0. The van der Waals surface area contributed by atoms with Crippen LogP contribution in [0.4, 0.5) is 4.39 Å². The molecule has 3 heterocycles. The number of imidazole rings is 1. The van der Waals surface area contributed by atoms with Gasteiger partial charge in [0, 0.05) is 35.4 Å². The third kappa shape index (κ3) is 3.71. The van der Waals surface area contributed by atoms with Gasteiger partial charge in [0.05, 0.1) is 36.4 Å². The molecule has 7 heteroatoms. The maximum absolute atomic E-state index is 14.1. The van der Waals surface area contributed by atoms with E-state index < -0.39 is 5.97 Å². The molecule has 3 aromatic carbocycles. The molecule has 2 atom stereocenters. The van der Waals surface area contributed by atoms with Crippen LogP contribution in [0.3, 0.4) is 0 Å². The van der Waals surface area contributed by atoms with Gasteiger partial charge in [-0.05, 0) is 36.2 Å². The first-order valence-corrected chi connectivity index (χ1v) is 11.9. The van der Waals surface area contributed by atoms with Crippen LogP contribution in [-0.4, -0.2) is 33.8 Å². The number of ether oxygens (including phenoxy) is 2. The van der Waals surface area contributed by atoms with Crippen molar-refractivity contribution in [2.45, 2.75) is 38.0 Å². The summed E-state index contributed by atoms with van der Waals surface area (Å²) in [6.07, 6.45) is 1.56. The van der Waals surface area contributed by atoms with Gasteiger partial charge in [-0.1, -0.05) is 31.2 Å². The van der Waals surface area contributed by atoms with E-state index in [-0.39, 0.29) is 24.1 Å².